The lowest BCUT2D eigenvalue weighted by atomic mass is 10.1. The molecule has 0 amide bonds. The monoisotopic (exact) mass is 345 g/mol. The van der Waals surface area contributed by atoms with Crippen LogP contribution in [0.4, 0.5) is 0 Å². The average Bonchev–Trinajstić information content (AvgIpc) is 3.21. The molecule has 0 saturated carbocycles. The number of rotatable bonds is 3. The molecular weight excluding hydrogens is 326 g/mol. The maximum atomic E-state index is 9.63. The van der Waals surface area contributed by atoms with Gasteiger partial charge in [-0.25, -0.2) is 4.98 Å². The van der Waals surface area contributed by atoms with Gasteiger partial charge in [0.2, 0.25) is 5.89 Å². The molecule has 2 aromatic heterocycles. The van der Waals surface area contributed by atoms with E-state index in [4.69, 9.17) is 4.42 Å². The molecule has 0 fully saturated rings. The Morgan fingerprint density at radius 3 is 2.85 bits per heavy atom. The highest BCUT2D eigenvalue weighted by molar-refractivity contribution is 5.86. The fraction of sp³-hybridized carbons (Fsp3) is 0.300. The van der Waals surface area contributed by atoms with Crippen LogP contribution in [0.3, 0.4) is 0 Å². The second-order valence-corrected chi connectivity index (χ2v) is 6.52. The minimum absolute atomic E-state index is 0.453. The molecule has 1 aromatic carbocycles. The molecule has 0 atom stereocenters. The number of fused-ring (bicyclic) bond motifs is 1. The van der Waals surface area contributed by atoms with Crippen LogP contribution in [-0.4, -0.2) is 19.7 Å². The Morgan fingerprint density at radius 2 is 2.04 bits per heavy atom. The summed E-state index contributed by atoms with van der Waals surface area (Å²) < 4.78 is 7.64. The summed E-state index contributed by atoms with van der Waals surface area (Å²) >= 11 is 0. The second-order valence-electron chi connectivity index (χ2n) is 6.52. The summed E-state index contributed by atoms with van der Waals surface area (Å²) in [4.78, 5) is 4.49. The van der Waals surface area contributed by atoms with Gasteiger partial charge >= 0.3 is 0 Å². The molecule has 6 nitrogen and oxygen atoms in total. The summed E-state index contributed by atoms with van der Waals surface area (Å²) in [5.74, 6) is 2.11. The number of nitrogens with zero attached hydrogens (tertiary/aromatic N) is 5. The molecule has 1 aliphatic rings. The minimum Gasteiger partial charge on any atom is -0.444 e. The van der Waals surface area contributed by atoms with Crippen molar-refractivity contribution in [2.75, 3.05) is 0 Å². The number of allylic oxidation sites excluding steroid dienone is 1. The zero-order valence-corrected chi connectivity index (χ0v) is 14.6. The first-order valence-corrected chi connectivity index (χ1v) is 8.81. The Kier molecular flexibility index (Phi) is 4.36. The highest BCUT2D eigenvalue weighted by atomic mass is 16.3. The molecule has 0 bridgehead atoms. The number of benzene rings is 1. The van der Waals surface area contributed by atoms with Crippen LogP contribution in [0.2, 0.25) is 0 Å². The quantitative estimate of drug-likeness (QED) is 0.669. The lowest BCUT2D eigenvalue weighted by Gasteiger charge is -2.05. The molecule has 130 valence electrons. The van der Waals surface area contributed by atoms with Gasteiger partial charge in [0.1, 0.15) is 23.9 Å². The zero-order valence-electron chi connectivity index (χ0n) is 14.6. The standard InChI is InChI=1S/C20H19N5O/c1-14-6-8-15(9-7-14)20-22-17(13-26-20)11-16(12-21)19-24-23-18-5-3-2-4-10-25(18)19/h6-9,11,13H,2-5,10H2,1H3/b16-11+. The molecular formula is C20H19N5O. The molecule has 26 heavy (non-hydrogen) atoms. The Morgan fingerprint density at radius 1 is 1.19 bits per heavy atom. The van der Waals surface area contributed by atoms with Gasteiger partial charge in [0, 0.05) is 18.5 Å². The minimum atomic E-state index is 0.453. The maximum absolute atomic E-state index is 9.63. The SMILES string of the molecule is Cc1ccc(-c2nc(/C=C(\C#N)c3nnc4n3CCCCC4)co2)cc1. The van der Waals surface area contributed by atoms with E-state index in [1.165, 1.54) is 12.0 Å². The zero-order chi connectivity index (χ0) is 17.9. The summed E-state index contributed by atoms with van der Waals surface area (Å²) in [6.07, 6.45) is 7.56. The number of aromatic nitrogens is 4. The van der Waals surface area contributed by atoms with Crippen LogP contribution in [0.15, 0.2) is 34.9 Å². The number of hydrogen-bond donors (Lipinski definition) is 0. The topological polar surface area (TPSA) is 80.5 Å². The van der Waals surface area contributed by atoms with Gasteiger partial charge in [0.15, 0.2) is 5.82 Å². The molecule has 3 heterocycles. The van der Waals surface area contributed by atoms with Crippen LogP contribution in [0, 0.1) is 18.3 Å². The second kappa shape index (κ2) is 6.96. The fourth-order valence-electron chi connectivity index (χ4n) is 3.16. The van der Waals surface area contributed by atoms with Gasteiger partial charge in [0.25, 0.3) is 0 Å². The highest BCUT2D eigenvalue weighted by Crippen LogP contribution is 2.23. The highest BCUT2D eigenvalue weighted by Gasteiger charge is 2.18. The molecule has 0 aliphatic carbocycles. The predicted octanol–water partition coefficient (Wildman–Crippen LogP) is 4.03. The van der Waals surface area contributed by atoms with Gasteiger partial charge in [0.05, 0.1) is 5.57 Å². The van der Waals surface area contributed by atoms with Crippen molar-refractivity contribution in [3.8, 4) is 17.5 Å². The maximum Gasteiger partial charge on any atom is 0.226 e. The van der Waals surface area contributed by atoms with E-state index in [9.17, 15) is 5.26 Å². The van der Waals surface area contributed by atoms with E-state index in [1.807, 2.05) is 31.2 Å². The average molecular weight is 345 g/mol. The van der Waals surface area contributed by atoms with E-state index in [2.05, 4.69) is 25.8 Å². The first-order valence-electron chi connectivity index (χ1n) is 8.81. The van der Waals surface area contributed by atoms with Crippen LogP contribution in [0.5, 0.6) is 0 Å². The van der Waals surface area contributed by atoms with Crippen LogP contribution in [-0.2, 0) is 13.0 Å². The number of oxazole rings is 1. The molecule has 3 aromatic rings. The fourth-order valence-corrected chi connectivity index (χ4v) is 3.16. The molecule has 0 unspecified atom stereocenters. The van der Waals surface area contributed by atoms with Crippen molar-refractivity contribution in [2.45, 2.75) is 39.2 Å². The molecule has 4 rings (SSSR count). The van der Waals surface area contributed by atoms with Gasteiger partial charge in [-0.15, -0.1) is 10.2 Å². The van der Waals surface area contributed by atoms with E-state index in [0.29, 0.717) is 23.0 Å². The van der Waals surface area contributed by atoms with Gasteiger partial charge in [-0.3, -0.25) is 0 Å². The van der Waals surface area contributed by atoms with Crippen molar-refractivity contribution < 1.29 is 4.42 Å². The van der Waals surface area contributed by atoms with E-state index < -0.39 is 0 Å². The Balaban J connectivity index is 1.66. The smallest absolute Gasteiger partial charge is 0.226 e. The van der Waals surface area contributed by atoms with Crippen molar-refractivity contribution in [3.05, 3.63) is 53.4 Å². The number of hydrogen-bond acceptors (Lipinski definition) is 5. The van der Waals surface area contributed by atoms with Crippen LogP contribution < -0.4 is 0 Å². The van der Waals surface area contributed by atoms with E-state index in [0.717, 1.165) is 37.2 Å². The van der Waals surface area contributed by atoms with Crippen LogP contribution >= 0.6 is 0 Å². The lowest BCUT2D eigenvalue weighted by Crippen LogP contribution is -2.05. The van der Waals surface area contributed by atoms with E-state index in [1.54, 1.807) is 12.3 Å². The van der Waals surface area contributed by atoms with Crippen molar-refractivity contribution in [1.29, 1.82) is 5.26 Å². The Bertz CT molecular complexity index is 988. The molecule has 0 spiro atoms. The van der Waals surface area contributed by atoms with Crippen molar-refractivity contribution in [1.82, 2.24) is 19.7 Å². The largest absolute Gasteiger partial charge is 0.444 e. The summed E-state index contributed by atoms with van der Waals surface area (Å²) in [7, 11) is 0. The number of nitriles is 1. The molecule has 6 heteroatoms. The molecule has 0 N–H and O–H groups in total. The van der Waals surface area contributed by atoms with E-state index in [-0.39, 0.29) is 0 Å². The van der Waals surface area contributed by atoms with Crippen molar-refractivity contribution in [2.24, 2.45) is 0 Å². The summed E-state index contributed by atoms with van der Waals surface area (Å²) in [5.41, 5.74) is 3.14. The predicted molar refractivity (Wildman–Crippen MR) is 97.7 cm³/mol. The van der Waals surface area contributed by atoms with Crippen molar-refractivity contribution >= 4 is 11.6 Å². The molecule has 0 radical (unpaired) electrons. The van der Waals surface area contributed by atoms with Gasteiger partial charge in [-0.05, 0) is 38.0 Å². The lowest BCUT2D eigenvalue weighted by molar-refractivity contribution is 0.574. The normalized spacial score (nSPS) is 14.5. The third kappa shape index (κ3) is 3.16. The van der Waals surface area contributed by atoms with Crippen LogP contribution in [0.25, 0.3) is 23.1 Å². The van der Waals surface area contributed by atoms with Gasteiger partial charge in [-0.2, -0.15) is 5.26 Å². The van der Waals surface area contributed by atoms with Crippen LogP contribution in [0.1, 0.15) is 42.2 Å². The molecule has 1 aliphatic heterocycles. The van der Waals surface area contributed by atoms with Gasteiger partial charge < -0.3 is 8.98 Å². The Labute approximate surface area is 151 Å². The first kappa shape index (κ1) is 16.3. The Hall–Kier alpha value is -3.20. The number of aryl methyl sites for hydroxylation is 2. The molecule has 0 saturated heterocycles. The van der Waals surface area contributed by atoms with Crippen molar-refractivity contribution in [3.63, 3.8) is 0 Å². The first-order chi connectivity index (χ1) is 12.7. The third-order valence-corrected chi connectivity index (χ3v) is 4.58. The summed E-state index contributed by atoms with van der Waals surface area (Å²) in [6.45, 7) is 2.89. The summed E-state index contributed by atoms with van der Waals surface area (Å²) in [6, 6.07) is 10.2. The summed E-state index contributed by atoms with van der Waals surface area (Å²) in [5, 5.41) is 18.1. The third-order valence-electron chi connectivity index (χ3n) is 4.58. The van der Waals surface area contributed by atoms with Gasteiger partial charge in [-0.1, -0.05) is 24.1 Å². The van der Waals surface area contributed by atoms with E-state index >= 15 is 0 Å².